The van der Waals surface area contributed by atoms with Crippen molar-refractivity contribution >= 4 is 11.9 Å². The maximum Gasteiger partial charge on any atom is 0.337 e. The zero-order valence-electron chi connectivity index (χ0n) is 13.6. The van der Waals surface area contributed by atoms with Gasteiger partial charge in [0.05, 0.1) is 18.4 Å². The Hall–Kier alpha value is -2.89. The summed E-state index contributed by atoms with van der Waals surface area (Å²) in [5.74, 6) is -0.388. The molecule has 24 heavy (non-hydrogen) atoms. The summed E-state index contributed by atoms with van der Waals surface area (Å²) in [5.41, 5.74) is 2.92. The molecule has 3 rings (SSSR count). The molecule has 0 atom stereocenters. The van der Waals surface area contributed by atoms with Gasteiger partial charge in [0.25, 0.3) is 5.91 Å². The van der Waals surface area contributed by atoms with Crippen molar-refractivity contribution in [2.24, 2.45) is 0 Å². The molecule has 1 aliphatic heterocycles. The van der Waals surface area contributed by atoms with Gasteiger partial charge in [-0.3, -0.25) is 4.79 Å². The number of fused-ring (bicyclic) bond motifs is 1. The molecule has 0 unspecified atom stereocenters. The van der Waals surface area contributed by atoms with E-state index in [4.69, 9.17) is 9.84 Å². The van der Waals surface area contributed by atoms with Crippen molar-refractivity contribution in [3.63, 3.8) is 0 Å². The lowest BCUT2D eigenvalue weighted by Gasteiger charge is -2.29. The Morgan fingerprint density at radius 2 is 2.04 bits per heavy atom. The second kappa shape index (κ2) is 6.31. The molecule has 2 aromatic rings. The molecule has 1 aromatic heterocycles. The van der Waals surface area contributed by atoms with Crippen molar-refractivity contribution in [3.8, 4) is 5.75 Å². The Morgan fingerprint density at radius 3 is 2.71 bits per heavy atom. The van der Waals surface area contributed by atoms with Gasteiger partial charge in [-0.15, -0.1) is 0 Å². The van der Waals surface area contributed by atoms with Crippen LogP contribution in [0, 0.1) is 6.92 Å². The van der Waals surface area contributed by atoms with Gasteiger partial charge in [0.2, 0.25) is 0 Å². The fourth-order valence-corrected chi connectivity index (χ4v) is 3.01. The molecule has 6 nitrogen and oxygen atoms in total. The van der Waals surface area contributed by atoms with Crippen LogP contribution < -0.4 is 4.74 Å². The van der Waals surface area contributed by atoms with Gasteiger partial charge in [-0.1, -0.05) is 12.1 Å². The van der Waals surface area contributed by atoms with Crippen LogP contribution in [0.5, 0.6) is 5.75 Å². The van der Waals surface area contributed by atoms with Crippen LogP contribution in [0.25, 0.3) is 0 Å². The summed E-state index contributed by atoms with van der Waals surface area (Å²) in [6, 6.07) is 8.73. The zero-order chi connectivity index (χ0) is 17.3. The second-order valence-electron chi connectivity index (χ2n) is 5.71. The summed E-state index contributed by atoms with van der Waals surface area (Å²) >= 11 is 0. The lowest BCUT2D eigenvalue weighted by Crippen LogP contribution is -2.36. The average Bonchev–Trinajstić information content (AvgIpc) is 2.59. The number of nitrogens with zero attached hydrogens (tertiary/aromatic N) is 2. The van der Waals surface area contributed by atoms with E-state index in [1.165, 1.54) is 12.1 Å². The summed E-state index contributed by atoms with van der Waals surface area (Å²) in [5, 5.41) is 9.06. The largest absolute Gasteiger partial charge is 0.496 e. The molecule has 0 saturated heterocycles. The van der Waals surface area contributed by atoms with Gasteiger partial charge < -0.3 is 14.7 Å². The molecule has 1 aliphatic rings. The SMILES string of the molecule is COc1cccc2c1CCN(C(=O)c1ccc(C(=O)O)c(C)n1)C2. The molecule has 0 radical (unpaired) electrons. The number of carbonyl (C=O) groups excluding carboxylic acids is 1. The molecular weight excluding hydrogens is 308 g/mol. The van der Waals surface area contributed by atoms with E-state index < -0.39 is 5.97 Å². The average molecular weight is 326 g/mol. The van der Waals surface area contributed by atoms with E-state index in [9.17, 15) is 9.59 Å². The van der Waals surface area contributed by atoms with E-state index in [0.29, 0.717) is 18.8 Å². The standard InChI is InChI=1S/C18H18N2O4/c1-11-13(18(22)23)6-7-15(19-11)17(21)20-9-8-14-12(10-20)4-3-5-16(14)24-2/h3-7H,8-10H2,1-2H3,(H,22,23). The quantitative estimate of drug-likeness (QED) is 0.936. The number of aromatic nitrogens is 1. The van der Waals surface area contributed by atoms with Gasteiger partial charge in [-0.05, 0) is 37.1 Å². The first kappa shape index (κ1) is 16.0. The number of rotatable bonds is 3. The minimum atomic E-state index is -1.04. The number of carboxylic acid groups (broad SMARTS) is 1. The summed E-state index contributed by atoms with van der Waals surface area (Å²) in [7, 11) is 1.64. The first-order valence-corrected chi connectivity index (χ1v) is 7.66. The summed E-state index contributed by atoms with van der Waals surface area (Å²) in [6.45, 7) is 2.66. The highest BCUT2D eigenvalue weighted by molar-refractivity contribution is 5.94. The number of ether oxygens (including phenoxy) is 1. The molecule has 1 aromatic carbocycles. The van der Waals surface area contributed by atoms with Crippen LogP contribution in [-0.2, 0) is 13.0 Å². The lowest BCUT2D eigenvalue weighted by molar-refractivity contribution is 0.0689. The van der Waals surface area contributed by atoms with E-state index in [1.807, 2.05) is 18.2 Å². The third-order valence-electron chi connectivity index (χ3n) is 4.27. The number of amides is 1. The molecule has 124 valence electrons. The minimum Gasteiger partial charge on any atom is -0.496 e. The molecule has 1 amide bonds. The van der Waals surface area contributed by atoms with E-state index in [-0.39, 0.29) is 17.2 Å². The van der Waals surface area contributed by atoms with Crippen LogP contribution in [-0.4, -0.2) is 40.5 Å². The van der Waals surface area contributed by atoms with Crippen molar-refractivity contribution in [1.29, 1.82) is 0 Å². The normalized spacial score (nSPS) is 13.3. The summed E-state index contributed by atoms with van der Waals surface area (Å²) in [4.78, 5) is 29.6. The minimum absolute atomic E-state index is 0.111. The van der Waals surface area contributed by atoms with E-state index >= 15 is 0 Å². The van der Waals surface area contributed by atoms with E-state index in [1.54, 1.807) is 18.9 Å². The molecule has 0 saturated carbocycles. The van der Waals surface area contributed by atoms with Crippen molar-refractivity contribution < 1.29 is 19.4 Å². The van der Waals surface area contributed by atoms with Crippen LogP contribution in [0.2, 0.25) is 0 Å². The smallest absolute Gasteiger partial charge is 0.337 e. The number of aromatic carboxylic acids is 1. The molecule has 0 bridgehead atoms. The van der Waals surface area contributed by atoms with Gasteiger partial charge in [0.1, 0.15) is 11.4 Å². The Morgan fingerprint density at radius 1 is 1.25 bits per heavy atom. The fraction of sp³-hybridized carbons (Fsp3) is 0.278. The number of hydrogen-bond acceptors (Lipinski definition) is 4. The highest BCUT2D eigenvalue weighted by Crippen LogP contribution is 2.28. The molecule has 2 heterocycles. The van der Waals surface area contributed by atoms with Crippen molar-refractivity contribution in [2.45, 2.75) is 19.9 Å². The van der Waals surface area contributed by atoms with Gasteiger partial charge in [0, 0.05) is 18.7 Å². The topological polar surface area (TPSA) is 79.7 Å². The highest BCUT2D eigenvalue weighted by Gasteiger charge is 2.25. The van der Waals surface area contributed by atoms with E-state index in [0.717, 1.165) is 23.3 Å². The third kappa shape index (κ3) is 2.82. The predicted molar refractivity (Wildman–Crippen MR) is 87.4 cm³/mol. The Labute approximate surface area is 139 Å². The van der Waals surface area contributed by atoms with Crippen LogP contribution in [0.3, 0.4) is 0 Å². The maximum absolute atomic E-state index is 12.7. The Bertz CT molecular complexity index is 817. The third-order valence-corrected chi connectivity index (χ3v) is 4.27. The van der Waals surface area contributed by atoms with E-state index in [2.05, 4.69) is 4.98 Å². The summed E-state index contributed by atoms with van der Waals surface area (Å²) < 4.78 is 5.37. The Balaban J connectivity index is 1.84. The first-order chi connectivity index (χ1) is 11.5. The van der Waals surface area contributed by atoms with Gasteiger partial charge in [0.15, 0.2) is 0 Å². The van der Waals surface area contributed by atoms with Gasteiger partial charge in [-0.2, -0.15) is 0 Å². The lowest BCUT2D eigenvalue weighted by atomic mass is 9.98. The number of benzene rings is 1. The van der Waals surface area contributed by atoms with Crippen molar-refractivity contribution in [2.75, 3.05) is 13.7 Å². The number of pyridine rings is 1. The number of hydrogen-bond donors (Lipinski definition) is 1. The van der Waals surface area contributed by atoms with Gasteiger partial charge >= 0.3 is 5.97 Å². The number of methoxy groups -OCH3 is 1. The highest BCUT2D eigenvalue weighted by atomic mass is 16.5. The maximum atomic E-state index is 12.7. The summed E-state index contributed by atoms with van der Waals surface area (Å²) in [6.07, 6.45) is 0.720. The Kier molecular flexibility index (Phi) is 4.20. The van der Waals surface area contributed by atoms with Gasteiger partial charge in [-0.25, -0.2) is 9.78 Å². The van der Waals surface area contributed by atoms with Crippen LogP contribution in [0.1, 0.15) is 37.7 Å². The molecule has 1 N–H and O–H groups in total. The fourth-order valence-electron chi connectivity index (χ4n) is 3.01. The van der Waals surface area contributed by atoms with Crippen LogP contribution in [0.4, 0.5) is 0 Å². The number of carbonyl (C=O) groups is 2. The zero-order valence-corrected chi connectivity index (χ0v) is 13.6. The van der Waals surface area contributed by atoms with Crippen molar-refractivity contribution in [3.05, 3.63) is 58.4 Å². The molecule has 6 heteroatoms. The predicted octanol–water partition coefficient (Wildman–Crippen LogP) is 2.30. The monoisotopic (exact) mass is 326 g/mol. The van der Waals surface area contributed by atoms with Crippen molar-refractivity contribution in [1.82, 2.24) is 9.88 Å². The number of carboxylic acids is 1. The molecule has 0 fully saturated rings. The molecule has 0 aliphatic carbocycles. The second-order valence-corrected chi connectivity index (χ2v) is 5.71. The van der Waals surface area contributed by atoms with Crippen LogP contribution in [0.15, 0.2) is 30.3 Å². The molecule has 0 spiro atoms. The molecular formula is C18H18N2O4. The first-order valence-electron chi connectivity index (χ1n) is 7.66. The number of aryl methyl sites for hydroxylation is 1. The van der Waals surface area contributed by atoms with Crippen LogP contribution >= 0.6 is 0 Å².